The lowest BCUT2D eigenvalue weighted by molar-refractivity contribution is -0.228. The first-order chi connectivity index (χ1) is 10.3. The molecular formula is C16H19F2NO2S. The van der Waals surface area contributed by atoms with Gasteiger partial charge in [0.1, 0.15) is 4.83 Å². The zero-order valence-corrected chi connectivity index (χ0v) is 13.9. The minimum absolute atomic E-state index is 0.453. The molecule has 0 saturated heterocycles. The summed E-state index contributed by atoms with van der Waals surface area (Å²) in [7, 11) is 0. The molecule has 0 amide bonds. The molecule has 6 heteroatoms. The summed E-state index contributed by atoms with van der Waals surface area (Å²) in [5, 5.41) is 0.886. The van der Waals surface area contributed by atoms with Crippen LogP contribution in [0.2, 0.25) is 0 Å². The molecule has 0 radical (unpaired) electrons. The van der Waals surface area contributed by atoms with Crippen LogP contribution in [0, 0.1) is 6.92 Å². The SMILES string of the molecule is CC.CC(=O)OC1(c2cc3ccc(C)nc3s2)CC(F)(F)C1. The van der Waals surface area contributed by atoms with Gasteiger partial charge >= 0.3 is 5.97 Å². The van der Waals surface area contributed by atoms with Crippen LogP contribution >= 0.6 is 11.3 Å². The molecule has 0 bridgehead atoms. The number of pyridine rings is 1. The molecule has 2 heterocycles. The molecule has 1 aliphatic rings. The van der Waals surface area contributed by atoms with E-state index in [9.17, 15) is 13.6 Å². The Morgan fingerprint density at radius 2 is 1.95 bits per heavy atom. The van der Waals surface area contributed by atoms with Gasteiger partial charge in [0.15, 0.2) is 5.60 Å². The second kappa shape index (κ2) is 5.91. The molecule has 2 aromatic rings. The maximum atomic E-state index is 13.3. The quantitative estimate of drug-likeness (QED) is 0.742. The summed E-state index contributed by atoms with van der Waals surface area (Å²) in [6.07, 6.45) is -0.906. The van der Waals surface area contributed by atoms with Gasteiger partial charge in [-0.3, -0.25) is 4.79 Å². The molecule has 0 unspecified atom stereocenters. The van der Waals surface area contributed by atoms with Gasteiger partial charge in [-0.15, -0.1) is 11.3 Å². The summed E-state index contributed by atoms with van der Waals surface area (Å²) in [4.78, 5) is 17.0. The highest BCUT2D eigenvalue weighted by Crippen LogP contribution is 2.56. The Hall–Kier alpha value is -1.56. The Bertz CT molecular complexity index is 689. The van der Waals surface area contributed by atoms with Crippen LogP contribution in [0.25, 0.3) is 10.2 Å². The number of thiophene rings is 1. The lowest BCUT2D eigenvalue weighted by atomic mass is 9.75. The van der Waals surface area contributed by atoms with Crippen molar-refractivity contribution in [2.75, 3.05) is 0 Å². The Kier molecular flexibility index (Phi) is 4.52. The van der Waals surface area contributed by atoms with Gasteiger partial charge in [0.2, 0.25) is 0 Å². The van der Waals surface area contributed by atoms with Gasteiger partial charge in [-0.05, 0) is 19.1 Å². The Balaban J connectivity index is 0.000000847. The molecule has 3 nitrogen and oxygen atoms in total. The molecule has 1 aliphatic carbocycles. The maximum absolute atomic E-state index is 13.3. The molecule has 120 valence electrons. The van der Waals surface area contributed by atoms with Crippen molar-refractivity contribution < 1.29 is 18.3 Å². The number of aryl methyl sites for hydroxylation is 1. The predicted molar refractivity (Wildman–Crippen MR) is 83.3 cm³/mol. The molecule has 0 spiro atoms. The Labute approximate surface area is 132 Å². The number of carbonyl (C=O) groups excluding carboxylic acids is 1. The van der Waals surface area contributed by atoms with E-state index in [-0.39, 0.29) is 0 Å². The number of halogens is 2. The van der Waals surface area contributed by atoms with Crippen LogP contribution < -0.4 is 0 Å². The highest BCUT2D eigenvalue weighted by molar-refractivity contribution is 7.18. The monoisotopic (exact) mass is 327 g/mol. The molecule has 0 N–H and O–H groups in total. The summed E-state index contributed by atoms with van der Waals surface area (Å²) in [6.45, 7) is 7.12. The molecule has 3 rings (SSSR count). The number of alkyl halides is 2. The number of rotatable bonds is 2. The smallest absolute Gasteiger partial charge is 0.303 e. The van der Waals surface area contributed by atoms with Crippen molar-refractivity contribution in [2.24, 2.45) is 0 Å². The fourth-order valence-corrected chi connectivity index (χ4v) is 3.79. The van der Waals surface area contributed by atoms with Crippen molar-refractivity contribution in [1.29, 1.82) is 0 Å². The second-order valence-electron chi connectivity index (χ2n) is 5.26. The van der Waals surface area contributed by atoms with Crippen LogP contribution in [0.15, 0.2) is 18.2 Å². The third kappa shape index (κ3) is 3.11. The summed E-state index contributed by atoms with van der Waals surface area (Å²) in [5.74, 6) is -3.31. The van der Waals surface area contributed by atoms with E-state index in [0.717, 1.165) is 15.9 Å². The van der Waals surface area contributed by atoms with Crippen LogP contribution in [0.4, 0.5) is 8.78 Å². The minimum Gasteiger partial charge on any atom is -0.453 e. The van der Waals surface area contributed by atoms with Crippen molar-refractivity contribution in [3.8, 4) is 0 Å². The summed E-state index contributed by atoms with van der Waals surface area (Å²) >= 11 is 1.32. The number of carbonyl (C=O) groups is 1. The number of hydrogen-bond donors (Lipinski definition) is 0. The van der Waals surface area contributed by atoms with Gasteiger partial charge < -0.3 is 4.74 Å². The third-order valence-electron chi connectivity index (χ3n) is 3.40. The first-order valence-electron chi connectivity index (χ1n) is 7.25. The molecule has 0 atom stereocenters. The zero-order chi connectivity index (χ0) is 16.5. The van der Waals surface area contributed by atoms with Gasteiger partial charge in [0, 0.05) is 18.0 Å². The largest absolute Gasteiger partial charge is 0.453 e. The maximum Gasteiger partial charge on any atom is 0.303 e. The van der Waals surface area contributed by atoms with E-state index >= 15 is 0 Å². The average Bonchev–Trinajstić information content (AvgIpc) is 2.81. The van der Waals surface area contributed by atoms with Gasteiger partial charge in [-0.1, -0.05) is 19.9 Å². The Morgan fingerprint density at radius 1 is 1.32 bits per heavy atom. The summed E-state index contributed by atoms with van der Waals surface area (Å²) < 4.78 is 31.8. The summed E-state index contributed by atoms with van der Waals surface area (Å²) in [6, 6.07) is 5.56. The van der Waals surface area contributed by atoms with Gasteiger partial charge in [-0.2, -0.15) is 0 Å². The molecule has 0 aliphatic heterocycles. The third-order valence-corrected chi connectivity index (χ3v) is 4.63. The number of aromatic nitrogens is 1. The number of fused-ring (bicyclic) bond motifs is 1. The van der Waals surface area contributed by atoms with Crippen molar-refractivity contribution >= 4 is 27.5 Å². The molecule has 2 aromatic heterocycles. The van der Waals surface area contributed by atoms with Crippen molar-refractivity contribution in [2.45, 2.75) is 52.1 Å². The van der Waals surface area contributed by atoms with Gasteiger partial charge in [0.25, 0.3) is 5.92 Å². The highest BCUT2D eigenvalue weighted by Gasteiger charge is 2.60. The minimum atomic E-state index is -2.77. The fraction of sp³-hybridized carbons (Fsp3) is 0.500. The number of hydrogen-bond acceptors (Lipinski definition) is 4. The van der Waals surface area contributed by atoms with E-state index < -0.39 is 30.3 Å². The van der Waals surface area contributed by atoms with Crippen LogP contribution in [0.1, 0.15) is 44.2 Å². The molecule has 1 saturated carbocycles. The van der Waals surface area contributed by atoms with Crippen molar-refractivity contribution in [1.82, 2.24) is 4.98 Å². The van der Waals surface area contributed by atoms with Crippen LogP contribution in [0.3, 0.4) is 0 Å². The normalized spacial score (nSPS) is 18.1. The van der Waals surface area contributed by atoms with Gasteiger partial charge in [0.05, 0.1) is 17.7 Å². The Morgan fingerprint density at radius 3 is 2.50 bits per heavy atom. The summed E-state index contributed by atoms with van der Waals surface area (Å²) in [5.41, 5.74) is -0.319. The van der Waals surface area contributed by atoms with E-state index in [1.165, 1.54) is 18.3 Å². The standard InChI is InChI=1S/C14H13F2NO2S.C2H6/c1-8-3-4-10-5-11(20-12(10)17-8)13(19-9(2)18)6-14(15,16)7-13;1-2/h3-5H,6-7H2,1-2H3;1-2H3. The molecule has 22 heavy (non-hydrogen) atoms. The highest BCUT2D eigenvalue weighted by atomic mass is 32.1. The van der Waals surface area contributed by atoms with E-state index in [1.54, 1.807) is 6.07 Å². The molecule has 0 aromatic carbocycles. The van der Waals surface area contributed by atoms with Gasteiger partial charge in [-0.25, -0.2) is 13.8 Å². The van der Waals surface area contributed by atoms with E-state index in [4.69, 9.17) is 4.74 Å². The van der Waals surface area contributed by atoms with Crippen molar-refractivity contribution in [3.05, 3.63) is 28.8 Å². The second-order valence-corrected chi connectivity index (χ2v) is 6.29. The first-order valence-corrected chi connectivity index (χ1v) is 8.06. The molecule has 1 fully saturated rings. The topological polar surface area (TPSA) is 39.2 Å². The van der Waals surface area contributed by atoms with Crippen molar-refractivity contribution in [3.63, 3.8) is 0 Å². The average molecular weight is 327 g/mol. The van der Waals surface area contributed by atoms with Crippen LogP contribution in [-0.4, -0.2) is 16.9 Å². The molecular weight excluding hydrogens is 308 g/mol. The number of nitrogens with zero attached hydrogens (tertiary/aromatic N) is 1. The first kappa shape index (κ1) is 16.8. The van der Waals surface area contributed by atoms with E-state index in [2.05, 4.69) is 4.98 Å². The zero-order valence-electron chi connectivity index (χ0n) is 13.1. The fourth-order valence-electron chi connectivity index (χ4n) is 2.59. The van der Waals surface area contributed by atoms with E-state index in [1.807, 2.05) is 32.9 Å². The van der Waals surface area contributed by atoms with Crippen LogP contribution in [-0.2, 0) is 15.1 Å². The number of ether oxygens (including phenoxy) is 1. The lowest BCUT2D eigenvalue weighted by Crippen LogP contribution is -2.51. The van der Waals surface area contributed by atoms with E-state index in [0.29, 0.717) is 4.88 Å². The lowest BCUT2D eigenvalue weighted by Gasteiger charge is -2.45. The van der Waals surface area contributed by atoms with Crippen LogP contribution in [0.5, 0.6) is 0 Å². The predicted octanol–water partition coefficient (Wildman–Crippen LogP) is 4.82. The number of esters is 1.